The first-order valence-corrected chi connectivity index (χ1v) is 11.3. The number of hydrogen-bond acceptors (Lipinski definition) is 4. The van der Waals surface area contributed by atoms with Gasteiger partial charge in [0.1, 0.15) is 0 Å². The number of carbonyl (C=O) groups excluding carboxylic acids is 2. The zero-order chi connectivity index (χ0) is 22.5. The molecule has 7 nitrogen and oxygen atoms in total. The average Bonchev–Trinajstić information content (AvgIpc) is 2.73. The number of anilines is 1. The van der Waals surface area contributed by atoms with Crippen molar-refractivity contribution in [1.82, 2.24) is 9.62 Å². The van der Waals surface area contributed by atoms with Crippen LogP contribution in [0, 0.1) is 0 Å². The lowest BCUT2D eigenvalue weighted by Crippen LogP contribution is -2.33. The molecule has 1 unspecified atom stereocenters. The third-order valence-corrected chi connectivity index (χ3v) is 6.89. The molecule has 0 aliphatic heterocycles. The van der Waals surface area contributed by atoms with Crippen LogP contribution in [0.2, 0.25) is 0 Å². The quantitative estimate of drug-likeness (QED) is 0.668. The molecular formula is C22H29N3O4S. The van der Waals surface area contributed by atoms with Gasteiger partial charge in [-0.1, -0.05) is 25.1 Å². The highest BCUT2D eigenvalue weighted by Gasteiger charge is 2.24. The molecular weight excluding hydrogens is 402 g/mol. The molecule has 0 aliphatic rings. The van der Waals surface area contributed by atoms with E-state index >= 15 is 0 Å². The van der Waals surface area contributed by atoms with Crippen LogP contribution in [0.5, 0.6) is 0 Å². The van der Waals surface area contributed by atoms with Crippen LogP contribution in [-0.4, -0.2) is 37.6 Å². The predicted molar refractivity (Wildman–Crippen MR) is 118 cm³/mol. The van der Waals surface area contributed by atoms with Gasteiger partial charge in [0, 0.05) is 30.8 Å². The van der Waals surface area contributed by atoms with E-state index in [0.717, 1.165) is 5.56 Å². The minimum atomic E-state index is -3.67. The van der Waals surface area contributed by atoms with Gasteiger partial charge in [-0.15, -0.1) is 0 Å². The maximum atomic E-state index is 12.7. The zero-order valence-electron chi connectivity index (χ0n) is 18.0. The first-order valence-electron chi connectivity index (χ1n) is 9.85. The lowest BCUT2D eigenvalue weighted by atomic mass is 10.1. The van der Waals surface area contributed by atoms with Gasteiger partial charge in [-0.25, -0.2) is 8.42 Å². The van der Waals surface area contributed by atoms with E-state index in [1.54, 1.807) is 45.0 Å². The van der Waals surface area contributed by atoms with Crippen LogP contribution in [0.3, 0.4) is 0 Å². The normalized spacial score (nSPS) is 12.6. The van der Waals surface area contributed by atoms with E-state index in [9.17, 15) is 18.0 Å². The molecule has 0 saturated carbocycles. The molecule has 0 spiro atoms. The molecule has 2 rings (SSSR count). The summed E-state index contributed by atoms with van der Waals surface area (Å²) in [5.74, 6) is -0.433. The summed E-state index contributed by atoms with van der Waals surface area (Å²) in [6, 6.07) is 12.7. The first-order chi connectivity index (χ1) is 14.1. The number of nitrogens with zero attached hydrogens (tertiary/aromatic N) is 1. The molecule has 0 saturated heterocycles. The number of hydrogen-bond donors (Lipinski definition) is 2. The number of carbonyl (C=O) groups is 2. The largest absolute Gasteiger partial charge is 0.346 e. The molecule has 1 atom stereocenters. The maximum absolute atomic E-state index is 12.7. The summed E-state index contributed by atoms with van der Waals surface area (Å²) < 4.78 is 26.6. The number of rotatable bonds is 8. The Morgan fingerprint density at radius 3 is 2.23 bits per heavy atom. The predicted octanol–water partition coefficient (Wildman–Crippen LogP) is 3.56. The minimum Gasteiger partial charge on any atom is -0.346 e. The Labute approximate surface area is 178 Å². The fraction of sp³-hybridized carbons (Fsp3) is 0.364. The Balaban J connectivity index is 2.13. The van der Waals surface area contributed by atoms with Gasteiger partial charge < -0.3 is 10.6 Å². The van der Waals surface area contributed by atoms with Crippen molar-refractivity contribution < 1.29 is 18.0 Å². The SMILES string of the molecule is CCC(=O)Nc1ccc(C(C)NC(=O)c2cccc(S(=O)(=O)N(C)C(C)C)c2)cc1. The highest BCUT2D eigenvalue weighted by Crippen LogP contribution is 2.20. The highest BCUT2D eigenvalue weighted by molar-refractivity contribution is 7.89. The summed E-state index contributed by atoms with van der Waals surface area (Å²) in [6.45, 7) is 7.19. The second-order valence-corrected chi connectivity index (χ2v) is 9.36. The lowest BCUT2D eigenvalue weighted by Gasteiger charge is -2.21. The van der Waals surface area contributed by atoms with Gasteiger partial charge >= 0.3 is 0 Å². The summed E-state index contributed by atoms with van der Waals surface area (Å²) in [5.41, 5.74) is 1.82. The fourth-order valence-corrected chi connectivity index (χ4v) is 4.12. The molecule has 2 amide bonds. The Morgan fingerprint density at radius 2 is 1.67 bits per heavy atom. The molecule has 30 heavy (non-hydrogen) atoms. The van der Waals surface area contributed by atoms with E-state index in [-0.39, 0.29) is 34.4 Å². The van der Waals surface area contributed by atoms with Crippen molar-refractivity contribution in [3.63, 3.8) is 0 Å². The van der Waals surface area contributed by atoms with Crippen molar-refractivity contribution >= 4 is 27.5 Å². The summed E-state index contributed by atoms with van der Waals surface area (Å²) in [7, 11) is -2.16. The van der Waals surface area contributed by atoms with Crippen molar-refractivity contribution in [2.45, 2.75) is 51.1 Å². The maximum Gasteiger partial charge on any atom is 0.251 e. The second kappa shape index (κ2) is 9.86. The molecule has 0 heterocycles. The van der Waals surface area contributed by atoms with Gasteiger partial charge in [0.25, 0.3) is 5.91 Å². The van der Waals surface area contributed by atoms with E-state index < -0.39 is 10.0 Å². The summed E-state index contributed by atoms with van der Waals surface area (Å²) >= 11 is 0. The van der Waals surface area contributed by atoms with Gasteiger partial charge in [-0.2, -0.15) is 4.31 Å². The molecule has 2 aromatic rings. The van der Waals surface area contributed by atoms with Crippen LogP contribution in [0.25, 0.3) is 0 Å². The highest BCUT2D eigenvalue weighted by atomic mass is 32.2. The Morgan fingerprint density at radius 1 is 1.03 bits per heavy atom. The molecule has 0 radical (unpaired) electrons. The van der Waals surface area contributed by atoms with Crippen LogP contribution in [0.15, 0.2) is 53.4 Å². The molecule has 162 valence electrons. The minimum absolute atomic E-state index is 0.0675. The molecule has 0 aromatic heterocycles. The van der Waals surface area contributed by atoms with Gasteiger partial charge in [0.2, 0.25) is 15.9 Å². The second-order valence-electron chi connectivity index (χ2n) is 7.36. The smallest absolute Gasteiger partial charge is 0.251 e. The molecule has 0 aliphatic carbocycles. The van der Waals surface area contributed by atoms with E-state index in [1.165, 1.54) is 23.5 Å². The number of amides is 2. The zero-order valence-corrected chi connectivity index (χ0v) is 18.8. The Hall–Kier alpha value is -2.71. The van der Waals surface area contributed by atoms with Crippen LogP contribution in [-0.2, 0) is 14.8 Å². The average molecular weight is 432 g/mol. The van der Waals surface area contributed by atoms with E-state index in [2.05, 4.69) is 10.6 Å². The van der Waals surface area contributed by atoms with Crippen LogP contribution >= 0.6 is 0 Å². The van der Waals surface area contributed by atoms with Gasteiger partial charge in [0.15, 0.2) is 0 Å². The first kappa shape index (κ1) is 23.6. The van der Waals surface area contributed by atoms with Gasteiger partial charge in [-0.3, -0.25) is 9.59 Å². The van der Waals surface area contributed by atoms with Crippen LogP contribution in [0.1, 0.15) is 56.1 Å². The molecule has 0 bridgehead atoms. The lowest BCUT2D eigenvalue weighted by molar-refractivity contribution is -0.115. The van der Waals surface area contributed by atoms with Crippen molar-refractivity contribution in [2.24, 2.45) is 0 Å². The number of sulfonamides is 1. The van der Waals surface area contributed by atoms with Crippen LogP contribution < -0.4 is 10.6 Å². The van der Waals surface area contributed by atoms with Gasteiger partial charge in [-0.05, 0) is 56.7 Å². The molecule has 0 fully saturated rings. The van der Waals surface area contributed by atoms with E-state index in [4.69, 9.17) is 0 Å². The molecule has 2 N–H and O–H groups in total. The molecule has 2 aromatic carbocycles. The Bertz CT molecular complexity index is 1000. The van der Waals surface area contributed by atoms with Crippen LogP contribution in [0.4, 0.5) is 5.69 Å². The van der Waals surface area contributed by atoms with Gasteiger partial charge in [0.05, 0.1) is 10.9 Å². The number of nitrogens with one attached hydrogen (secondary N) is 2. The van der Waals surface area contributed by atoms with Crippen molar-refractivity contribution in [1.29, 1.82) is 0 Å². The summed E-state index contributed by atoms with van der Waals surface area (Å²) in [4.78, 5) is 24.2. The standard InChI is InChI=1S/C22H29N3O4S/c1-6-21(26)24-19-12-10-17(11-13-19)16(4)23-22(27)18-8-7-9-20(14-18)30(28,29)25(5)15(2)3/h7-16H,6H2,1-5H3,(H,23,27)(H,24,26). The third-order valence-electron chi connectivity index (χ3n) is 4.86. The Kier molecular flexibility index (Phi) is 7.75. The summed E-state index contributed by atoms with van der Waals surface area (Å²) in [5, 5.41) is 5.65. The fourth-order valence-electron chi connectivity index (χ4n) is 2.71. The number of benzene rings is 2. The van der Waals surface area contributed by atoms with E-state index in [1.807, 2.05) is 19.1 Å². The monoisotopic (exact) mass is 431 g/mol. The third kappa shape index (κ3) is 5.67. The van der Waals surface area contributed by atoms with Crippen molar-refractivity contribution in [2.75, 3.05) is 12.4 Å². The van der Waals surface area contributed by atoms with Crippen molar-refractivity contribution in [3.8, 4) is 0 Å². The molecule has 8 heteroatoms. The summed E-state index contributed by atoms with van der Waals surface area (Å²) in [6.07, 6.45) is 0.399. The van der Waals surface area contributed by atoms with Crippen molar-refractivity contribution in [3.05, 3.63) is 59.7 Å². The topological polar surface area (TPSA) is 95.6 Å². The van der Waals surface area contributed by atoms with E-state index in [0.29, 0.717) is 12.1 Å².